The molecule has 2 rings (SSSR count). The Morgan fingerprint density at radius 1 is 1.42 bits per heavy atom. The number of thioether (sulfide) groups is 1. The number of aromatic hydroxyl groups is 1. The first-order valence-electron chi connectivity index (χ1n) is 5.65. The van der Waals surface area contributed by atoms with Crippen LogP contribution in [0.15, 0.2) is 29.3 Å². The van der Waals surface area contributed by atoms with Crippen molar-refractivity contribution in [2.24, 2.45) is 4.99 Å². The van der Waals surface area contributed by atoms with Gasteiger partial charge in [-0.15, -0.1) is 11.8 Å². The molecule has 19 heavy (non-hydrogen) atoms. The first-order chi connectivity index (χ1) is 8.40. The summed E-state index contributed by atoms with van der Waals surface area (Å²) in [7, 11) is 0. The summed E-state index contributed by atoms with van der Waals surface area (Å²) >= 11 is 1.47. The van der Waals surface area contributed by atoms with Gasteiger partial charge in [-0.1, -0.05) is 25.6 Å². The summed E-state index contributed by atoms with van der Waals surface area (Å²) < 4.78 is -0.439. The third kappa shape index (κ3) is 3.29. The molecule has 0 aromatic heterocycles. The summed E-state index contributed by atoms with van der Waals surface area (Å²) in [6.07, 6.45) is 0.477. The summed E-state index contributed by atoms with van der Waals surface area (Å²) in [4.78, 5) is 15.4. The lowest BCUT2D eigenvalue weighted by molar-refractivity contribution is -0.138. The molecule has 5 heteroatoms. The average molecular weight is 281 g/mol. The molecule has 1 atom stereocenters. The fraction of sp³-hybridized carbons (Fsp3) is 0.429. The number of para-hydroxylation sites is 1. The molecule has 1 heterocycles. The lowest BCUT2D eigenvalue weighted by Crippen LogP contribution is -2.34. The number of hydrogen-bond acceptors (Lipinski definition) is 4. The van der Waals surface area contributed by atoms with E-state index in [1.807, 2.05) is 26.0 Å². The maximum Gasteiger partial charge on any atom is 0.329 e. The maximum absolute atomic E-state index is 11.1. The molecule has 4 nitrogen and oxygen atoms in total. The van der Waals surface area contributed by atoms with E-state index < -0.39 is 16.8 Å². The molecule has 0 radical (unpaired) electrons. The van der Waals surface area contributed by atoms with Gasteiger partial charge in [-0.2, -0.15) is 0 Å². The molecular formula is C14H19NO3S. The fourth-order valence-corrected chi connectivity index (χ4v) is 3.20. The zero-order valence-electron chi connectivity index (χ0n) is 10.3. The number of phenolic OH excluding ortho intramolecular Hbond substituents is 1. The van der Waals surface area contributed by atoms with E-state index in [0.29, 0.717) is 6.42 Å². The van der Waals surface area contributed by atoms with Crippen LogP contribution < -0.4 is 0 Å². The summed E-state index contributed by atoms with van der Waals surface area (Å²) in [5.41, 5.74) is 0.769. The van der Waals surface area contributed by atoms with Gasteiger partial charge in [-0.25, -0.2) is 4.79 Å². The SMILES string of the molecule is C.CC1(C)SC(Cc2ccccc2O)=N[C@@H]1C(=O)O. The molecule has 0 amide bonds. The highest BCUT2D eigenvalue weighted by atomic mass is 32.2. The molecule has 2 N–H and O–H groups in total. The first kappa shape index (κ1) is 15.6. The minimum absolute atomic E-state index is 0. The highest BCUT2D eigenvalue weighted by molar-refractivity contribution is 8.15. The molecule has 1 aromatic carbocycles. The minimum Gasteiger partial charge on any atom is -0.508 e. The Labute approximate surface area is 117 Å². The zero-order valence-corrected chi connectivity index (χ0v) is 11.1. The van der Waals surface area contributed by atoms with Gasteiger partial charge in [-0.3, -0.25) is 4.99 Å². The molecule has 0 bridgehead atoms. The van der Waals surface area contributed by atoms with E-state index in [0.717, 1.165) is 10.6 Å². The van der Waals surface area contributed by atoms with Crippen LogP contribution in [0.1, 0.15) is 26.8 Å². The van der Waals surface area contributed by atoms with Crippen molar-refractivity contribution in [1.29, 1.82) is 0 Å². The van der Waals surface area contributed by atoms with Gasteiger partial charge in [0.1, 0.15) is 5.75 Å². The van der Waals surface area contributed by atoms with Crippen molar-refractivity contribution in [2.45, 2.75) is 38.5 Å². The topological polar surface area (TPSA) is 69.9 Å². The van der Waals surface area contributed by atoms with Gasteiger partial charge in [0.25, 0.3) is 0 Å². The lowest BCUT2D eigenvalue weighted by Gasteiger charge is -2.20. The summed E-state index contributed by atoms with van der Waals surface area (Å²) in [5.74, 6) is -0.683. The molecule has 1 aromatic rings. The summed E-state index contributed by atoms with van der Waals surface area (Å²) in [6, 6.07) is 6.32. The van der Waals surface area contributed by atoms with E-state index in [1.165, 1.54) is 11.8 Å². The highest BCUT2D eigenvalue weighted by Crippen LogP contribution is 2.39. The van der Waals surface area contributed by atoms with Crippen molar-refractivity contribution in [3.8, 4) is 5.75 Å². The predicted molar refractivity (Wildman–Crippen MR) is 79.1 cm³/mol. The molecule has 0 fully saturated rings. The molecule has 104 valence electrons. The van der Waals surface area contributed by atoms with E-state index in [9.17, 15) is 9.90 Å². The van der Waals surface area contributed by atoms with E-state index >= 15 is 0 Å². The van der Waals surface area contributed by atoms with Crippen LogP contribution in [-0.2, 0) is 11.2 Å². The van der Waals surface area contributed by atoms with Crippen LogP contribution in [0.25, 0.3) is 0 Å². The number of rotatable bonds is 3. The monoisotopic (exact) mass is 281 g/mol. The molecule has 0 saturated carbocycles. The zero-order chi connectivity index (χ0) is 13.3. The highest BCUT2D eigenvalue weighted by Gasteiger charge is 2.42. The van der Waals surface area contributed by atoms with Crippen LogP contribution in [0.4, 0.5) is 0 Å². The number of benzene rings is 1. The molecular weight excluding hydrogens is 262 g/mol. The summed E-state index contributed by atoms with van der Waals surface area (Å²) in [5, 5.41) is 19.6. The van der Waals surface area contributed by atoms with Crippen LogP contribution in [0.5, 0.6) is 5.75 Å². The smallest absolute Gasteiger partial charge is 0.329 e. The number of carboxylic acid groups (broad SMARTS) is 1. The van der Waals surface area contributed by atoms with Gasteiger partial charge < -0.3 is 10.2 Å². The van der Waals surface area contributed by atoms with Crippen molar-refractivity contribution < 1.29 is 15.0 Å². The molecule has 1 aliphatic rings. The molecule has 0 aliphatic carbocycles. The third-order valence-corrected chi connectivity index (χ3v) is 4.11. The van der Waals surface area contributed by atoms with Crippen LogP contribution in [-0.4, -0.2) is 32.0 Å². The molecule has 0 unspecified atom stereocenters. The minimum atomic E-state index is -0.903. The Morgan fingerprint density at radius 3 is 2.58 bits per heavy atom. The Kier molecular flexibility index (Phi) is 4.63. The predicted octanol–water partition coefficient (Wildman–Crippen LogP) is 2.95. The van der Waals surface area contributed by atoms with E-state index in [-0.39, 0.29) is 13.2 Å². The quantitative estimate of drug-likeness (QED) is 0.893. The van der Waals surface area contributed by atoms with Gasteiger partial charge in [0.05, 0.1) is 5.04 Å². The molecule has 0 saturated heterocycles. The average Bonchev–Trinajstić information content (AvgIpc) is 2.57. The number of aliphatic carboxylic acids is 1. The number of carboxylic acids is 1. The second-order valence-electron chi connectivity index (χ2n) is 4.77. The maximum atomic E-state index is 11.1. The van der Waals surface area contributed by atoms with Crippen LogP contribution in [0, 0.1) is 0 Å². The van der Waals surface area contributed by atoms with Crippen molar-refractivity contribution >= 4 is 22.8 Å². The number of nitrogens with zero attached hydrogens (tertiary/aromatic N) is 1. The largest absolute Gasteiger partial charge is 0.508 e. The standard InChI is InChI=1S/C13H15NO3S.CH4/c1-13(2)11(12(16)17)14-10(18-13)7-8-5-3-4-6-9(8)15;/h3-6,11,15H,7H2,1-2H3,(H,16,17);1H4/t11-;/m1./s1. The van der Waals surface area contributed by atoms with Gasteiger partial charge in [0.15, 0.2) is 6.04 Å². The third-order valence-electron chi connectivity index (χ3n) is 2.88. The van der Waals surface area contributed by atoms with Crippen LogP contribution in [0.2, 0.25) is 0 Å². The Hall–Kier alpha value is -1.49. The van der Waals surface area contributed by atoms with Crippen molar-refractivity contribution in [2.75, 3.05) is 0 Å². The van der Waals surface area contributed by atoms with Gasteiger partial charge >= 0.3 is 5.97 Å². The van der Waals surface area contributed by atoms with E-state index in [4.69, 9.17) is 5.11 Å². The molecule has 0 spiro atoms. The second kappa shape index (κ2) is 5.65. The van der Waals surface area contributed by atoms with Crippen molar-refractivity contribution in [1.82, 2.24) is 0 Å². The first-order valence-corrected chi connectivity index (χ1v) is 6.47. The number of phenols is 1. The normalized spacial score (nSPS) is 20.5. The second-order valence-corrected chi connectivity index (χ2v) is 6.50. The Balaban J connectivity index is 0.00000180. The van der Waals surface area contributed by atoms with Gasteiger partial charge in [-0.05, 0) is 19.9 Å². The van der Waals surface area contributed by atoms with Crippen molar-refractivity contribution in [3.63, 3.8) is 0 Å². The number of hydrogen-bond donors (Lipinski definition) is 2. The van der Waals surface area contributed by atoms with Gasteiger partial charge in [0, 0.05) is 16.7 Å². The number of aliphatic imine (C=N–C) groups is 1. The van der Waals surface area contributed by atoms with E-state index in [1.54, 1.807) is 12.1 Å². The Bertz CT molecular complexity index is 511. The lowest BCUT2D eigenvalue weighted by atomic mass is 10.0. The molecule has 1 aliphatic heterocycles. The van der Waals surface area contributed by atoms with Gasteiger partial charge in [0.2, 0.25) is 0 Å². The number of carbonyl (C=O) groups is 1. The Morgan fingerprint density at radius 2 is 2.05 bits per heavy atom. The van der Waals surface area contributed by atoms with Crippen LogP contribution >= 0.6 is 11.8 Å². The van der Waals surface area contributed by atoms with E-state index in [2.05, 4.69) is 4.99 Å². The summed E-state index contributed by atoms with van der Waals surface area (Å²) in [6.45, 7) is 3.75. The fourth-order valence-electron chi connectivity index (χ4n) is 1.94. The van der Waals surface area contributed by atoms with Crippen LogP contribution in [0.3, 0.4) is 0 Å². The van der Waals surface area contributed by atoms with Crippen molar-refractivity contribution in [3.05, 3.63) is 29.8 Å².